The number of nitrogens with zero attached hydrogens (tertiary/aromatic N) is 1. The molecule has 0 saturated heterocycles. The quantitative estimate of drug-likeness (QED) is 0.648. The molecule has 0 spiro atoms. The highest BCUT2D eigenvalue weighted by Gasteiger charge is 2.03. The van der Waals surface area contributed by atoms with Crippen molar-refractivity contribution in [2.75, 3.05) is 0 Å². The first kappa shape index (κ1) is 8.53. The van der Waals surface area contributed by atoms with Gasteiger partial charge < -0.3 is 0 Å². The Morgan fingerprint density at radius 3 is 2.73 bits per heavy atom. The van der Waals surface area contributed by atoms with Gasteiger partial charge in [0.2, 0.25) is 0 Å². The van der Waals surface area contributed by atoms with Crippen LogP contribution in [0.4, 0.5) is 4.39 Å². The molecule has 1 aromatic rings. The van der Waals surface area contributed by atoms with Crippen LogP contribution in [0.1, 0.15) is 13.3 Å². The van der Waals surface area contributed by atoms with Crippen molar-refractivity contribution in [2.24, 2.45) is 0 Å². The van der Waals surface area contributed by atoms with Crippen molar-refractivity contribution in [3.05, 3.63) is 24.5 Å². The third kappa shape index (κ3) is 2.89. The Balaban J connectivity index is 2.51. The molecule has 0 aliphatic heterocycles. The van der Waals surface area contributed by atoms with Crippen molar-refractivity contribution in [1.82, 2.24) is 4.98 Å². The summed E-state index contributed by atoms with van der Waals surface area (Å²) in [5.74, 6) is 0. The van der Waals surface area contributed by atoms with Gasteiger partial charge in [0.1, 0.15) is 5.50 Å². The number of pyridine rings is 1. The van der Waals surface area contributed by atoms with Crippen molar-refractivity contribution >= 4 is 11.8 Å². The van der Waals surface area contributed by atoms with Crippen LogP contribution in [0.25, 0.3) is 0 Å². The number of aromatic nitrogens is 1. The molecule has 0 N–H and O–H groups in total. The highest BCUT2D eigenvalue weighted by Crippen LogP contribution is 2.24. The molecule has 60 valence electrons. The zero-order chi connectivity index (χ0) is 8.10. The zero-order valence-corrected chi connectivity index (χ0v) is 7.14. The standard InChI is InChI=1S/C8H10FNS/c1-2-8(9)11-7-3-5-10-6-4-7/h3-6,8H,2H2,1H3. The fraction of sp³-hybridized carbons (Fsp3) is 0.375. The molecule has 0 saturated carbocycles. The maximum absolute atomic E-state index is 12.8. The Kier molecular flexibility index (Phi) is 3.36. The van der Waals surface area contributed by atoms with E-state index in [1.165, 1.54) is 11.8 Å². The Labute approximate surface area is 70.0 Å². The van der Waals surface area contributed by atoms with Crippen molar-refractivity contribution in [1.29, 1.82) is 0 Å². The topological polar surface area (TPSA) is 12.9 Å². The molecule has 11 heavy (non-hydrogen) atoms. The van der Waals surface area contributed by atoms with Crippen LogP contribution in [0.5, 0.6) is 0 Å². The number of hydrogen-bond donors (Lipinski definition) is 0. The van der Waals surface area contributed by atoms with Crippen LogP contribution in [-0.4, -0.2) is 10.5 Å². The lowest BCUT2D eigenvalue weighted by Crippen LogP contribution is -1.88. The van der Waals surface area contributed by atoms with E-state index in [0.717, 1.165) is 4.90 Å². The largest absolute Gasteiger partial charge is 0.265 e. The van der Waals surface area contributed by atoms with E-state index in [1.54, 1.807) is 12.4 Å². The Morgan fingerprint density at radius 2 is 2.18 bits per heavy atom. The second-order valence-corrected chi connectivity index (χ2v) is 3.34. The van der Waals surface area contributed by atoms with Gasteiger partial charge in [0, 0.05) is 17.3 Å². The predicted octanol–water partition coefficient (Wildman–Crippen LogP) is 2.88. The average molecular weight is 171 g/mol. The van der Waals surface area contributed by atoms with Crippen LogP contribution in [0.15, 0.2) is 29.4 Å². The minimum Gasteiger partial charge on any atom is -0.265 e. The summed E-state index contributed by atoms with van der Waals surface area (Å²) in [7, 11) is 0. The lowest BCUT2D eigenvalue weighted by atomic mass is 10.5. The van der Waals surface area contributed by atoms with Gasteiger partial charge in [-0.1, -0.05) is 18.7 Å². The van der Waals surface area contributed by atoms with Gasteiger partial charge in [0.25, 0.3) is 0 Å². The molecular formula is C8H10FNS. The maximum Gasteiger partial charge on any atom is 0.150 e. The van der Waals surface area contributed by atoms with E-state index >= 15 is 0 Å². The summed E-state index contributed by atoms with van der Waals surface area (Å²) < 4.78 is 12.8. The first-order valence-electron chi connectivity index (χ1n) is 3.53. The van der Waals surface area contributed by atoms with Gasteiger partial charge >= 0.3 is 0 Å². The molecular weight excluding hydrogens is 161 g/mol. The number of thioether (sulfide) groups is 1. The van der Waals surface area contributed by atoms with E-state index in [2.05, 4.69) is 4.98 Å². The van der Waals surface area contributed by atoms with Crippen LogP contribution in [0.3, 0.4) is 0 Å². The summed E-state index contributed by atoms with van der Waals surface area (Å²) in [4.78, 5) is 4.78. The van der Waals surface area contributed by atoms with Gasteiger partial charge in [-0.25, -0.2) is 4.39 Å². The predicted molar refractivity (Wildman–Crippen MR) is 45.3 cm³/mol. The smallest absolute Gasteiger partial charge is 0.150 e. The second kappa shape index (κ2) is 4.34. The molecule has 0 fully saturated rings. The van der Waals surface area contributed by atoms with Gasteiger partial charge in [0.15, 0.2) is 0 Å². The van der Waals surface area contributed by atoms with Gasteiger partial charge in [-0.2, -0.15) is 0 Å². The van der Waals surface area contributed by atoms with Crippen LogP contribution in [0.2, 0.25) is 0 Å². The molecule has 1 rings (SSSR count). The van der Waals surface area contributed by atoms with Crippen LogP contribution < -0.4 is 0 Å². The van der Waals surface area contributed by atoms with Crippen molar-refractivity contribution in [3.8, 4) is 0 Å². The van der Waals surface area contributed by atoms with Gasteiger partial charge in [-0.15, -0.1) is 0 Å². The third-order valence-electron chi connectivity index (χ3n) is 1.23. The summed E-state index contributed by atoms with van der Waals surface area (Å²) >= 11 is 1.24. The first-order valence-corrected chi connectivity index (χ1v) is 4.41. The second-order valence-electron chi connectivity index (χ2n) is 2.12. The third-order valence-corrected chi connectivity index (χ3v) is 2.37. The van der Waals surface area contributed by atoms with Gasteiger partial charge in [-0.05, 0) is 18.6 Å². The fourth-order valence-corrected chi connectivity index (χ4v) is 1.39. The maximum atomic E-state index is 12.8. The van der Waals surface area contributed by atoms with Crippen molar-refractivity contribution < 1.29 is 4.39 Å². The minimum atomic E-state index is -0.794. The molecule has 1 heterocycles. The summed E-state index contributed by atoms with van der Waals surface area (Å²) in [5, 5.41) is 0. The molecule has 1 aromatic heterocycles. The summed E-state index contributed by atoms with van der Waals surface area (Å²) in [5.41, 5.74) is -0.794. The van der Waals surface area contributed by atoms with Gasteiger partial charge in [-0.3, -0.25) is 4.98 Å². The molecule has 0 aliphatic carbocycles. The molecule has 1 atom stereocenters. The number of hydrogen-bond acceptors (Lipinski definition) is 2. The van der Waals surface area contributed by atoms with Gasteiger partial charge in [0.05, 0.1) is 0 Å². The molecule has 0 aromatic carbocycles. The van der Waals surface area contributed by atoms with E-state index in [-0.39, 0.29) is 0 Å². The number of alkyl halides is 1. The SMILES string of the molecule is CCC(F)Sc1ccncc1. The van der Waals surface area contributed by atoms with Crippen LogP contribution in [0, 0.1) is 0 Å². The monoisotopic (exact) mass is 171 g/mol. The van der Waals surface area contributed by atoms with E-state index in [0.29, 0.717) is 6.42 Å². The van der Waals surface area contributed by atoms with Crippen LogP contribution >= 0.6 is 11.8 Å². The number of rotatable bonds is 3. The highest BCUT2D eigenvalue weighted by molar-refractivity contribution is 7.99. The summed E-state index contributed by atoms with van der Waals surface area (Å²) in [6, 6.07) is 3.62. The molecule has 0 aliphatic rings. The minimum absolute atomic E-state index is 0.549. The Morgan fingerprint density at radius 1 is 1.55 bits per heavy atom. The lowest BCUT2D eigenvalue weighted by molar-refractivity contribution is 0.443. The Bertz CT molecular complexity index is 203. The highest BCUT2D eigenvalue weighted by atomic mass is 32.2. The van der Waals surface area contributed by atoms with Crippen molar-refractivity contribution in [3.63, 3.8) is 0 Å². The number of halogens is 1. The molecule has 0 radical (unpaired) electrons. The Hall–Kier alpha value is -0.570. The van der Waals surface area contributed by atoms with Crippen LogP contribution in [-0.2, 0) is 0 Å². The zero-order valence-electron chi connectivity index (χ0n) is 6.33. The van der Waals surface area contributed by atoms with E-state index in [9.17, 15) is 4.39 Å². The normalized spacial score (nSPS) is 12.9. The molecule has 3 heteroatoms. The fourth-order valence-electron chi connectivity index (χ4n) is 0.648. The van der Waals surface area contributed by atoms with E-state index < -0.39 is 5.50 Å². The summed E-state index contributed by atoms with van der Waals surface area (Å²) in [6.45, 7) is 1.83. The molecule has 1 unspecified atom stereocenters. The first-order chi connectivity index (χ1) is 5.33. The molecule has 0 amide bonds. The summed E-state index contributed by atoms with van der Waals surface area (Å²) in [6.07, 6.45) is 3.89. The molecule has 1 nitrogen and oxygen atoms in total. The molecule has 0 bridgehead atoms. The van der Waals surface area contributed by atoms with Crippen molar-refractivity contribution in [2.45, 2.75) is 23.7 Å². The van der Waals surface area contributed by atoms with E-state index in [1.807, 2.05) is 19.1 Å². The lowest BCUT2D eigenvalue weighted by Gasteiger charge is -2.02. The van der Waals surface area contributed by atoms with E-state index in [4.69, 9.17) is 0 Å². The average Bonchev–Trinajstić information content (AvgIpc) is 2.06.